The van der Waals surface area contributed by atoms with E-state index in [4.69, 9.17) is 0 Å². The smallest absolute Gasteiger partial charge is 0.416 e. The predicted molar refractivity (Wildman–Crippen MR) is 54.7 cm³/mol. The van der Waals surface area contributed by atoms with Crippen LogP contribution in [0, 0.1) is 0 Å². The van der Waals surface area contributed by atoms with Crippen LogP contribution in [-0.2, 0) is 9.53 Å². The van der Waals surface area contributed by atoms with E-state index >= 15 is 0 Å². The van der Waals surface area contributed by atoms with Crippen LogP contribution < -0.4 is 0 Å². The first-order valence-electron chi connectivity index (χ1n) is 4.56. The van der Waals surface area contributed by atoms with Crippen molar-refractivity contribution in [1.29, 1.82) is 0 Å². The maximum Gasteiger partial charge on any atom is 0.416 e. The third-order valence-electron chi connectivity index (χ3n) is 1.43. The molecule has 0 aromatic carbocycles. The Morgan fingerprint density at radius 2 is 1.94 bits per heavy atom. The molecule has 5 heteroatoms. The molecular weight excluding hydrogens is 221 g/mol. The van der Waals surface area contributed by atoms with Gasteiger partial charge in [0, 0.05) is 6.08 Å². The van der Waals surface area contributed by atoms with Crippen molar-refractivity contribution in [2.24, 2.45) is 0 Å². The first-order valence-corrected chi connectivity index (χ1v) is 4.56. The minimum atomic E-state index is -4.58. The summed E-state index contributed by atoms with van der Waals surface area (Å²) in [6.07, 6.45) is -2.19. The molecule has 2 nitrogen and oxygen atoms in total. The summed E-state index contributed by atoms with van der Waals surface area (Å²) in [6.45, 7) is 6.53. The number of hydrogen-bond acceptors (Lipinski definition) is 2. The van der Waals surface area contributed by atoms with Crippen molar-refractivity contribution in [3.8, 4) is 0 Å². The second-order valence-electron chi connectivity index (χ2n) is 3.03. The van der Waals surface area contributed by atoms with Crippen molar-refractivity contribution in [3.05, 3.63) is 36.0 Å². The Bertz CT molecular complexity index is 325. The van der Waals surface area contributed by atoms with Gasteiger partial charge in [0.25, 0.3) is 0 Å². The van der Waals surface area contributed by atoms with Crippen molar-refractivity contribution in [2.45, 2.75) is 20.0 Å². The molecule has 0 saturated carbocycles. The lowest BCUT2D eigenvalue weighted by Gasteiger charge is -2.07. The third-order valence-corrected chi connectivity index (χ3v) is 1.43. The molecule has 0 aromatic heterocycles. The van der Waals surface area contributed by atoms with Crippen molar-refractivity contribution in [1.82, 2.24) is 0 Å². The number of allylic oxidation sites excluding steroid dienone is 4. The Labute approximate surface area is 92.1 Å². The average molecular weight is 234 g/mol. The molecule has 0 amide bonds. The van der Waals surface area contributed by atoms with Gasteiger partial charge in [-0.05, 0) is 19.9 Å². The van der Waals surface area contributed by atoms with Crippen LogP contribution in [0.5, 0.6) is 0 Å². The fraction of sp³-hybridized carbons (Fsp3) is 0.364. The largest absolute Gasteiger partial charge is 0.463 e. The number of esters is 1. The summed E-state index contributed by atoms with van der Waals surface area (Å²) in [5, 5.41) is 0. The lowest BCUT2D eigenvalue weighted by atomic mass is 10.2. The maximum absolute atomic E-state index is 12.4. The molecule has 0 aliphatic carbocycles. The first-order chi connectivity index (χ1) is 7.27. The summed E-state index contributed by atoms with van der Waals surface area (Å²) in [5.41, 5.74) is -0.604. The molecule has 0 spiro atoms. The highest BCUT2D eigenvalue weighted by Crippen LogP contribution is 2.26. The minimum Gasteiger partial charge on any atom is -0.463 e. The predicted octanol–water partition coefficient (Wildman–Crippen LogP) is 3.17. The van der Waals surface area contributed by atoms with E-state index in [1.165, 1.54) is 13.0 Å². The Hall–Kier alpha value is -1.52. The van der Waals surface area contributed by atoms with Crippen molar-refractivity contribution >= 4 is 5.97 Å². The van der Waals surface area contributed by atoms with Crippen LogP contribution in [0.1, 0.15) is 13.8 Å². The summed E-state index contributed by atoms with van der Waals surface area (Å²) in [5.74, 6) is -1.01. The van der Waals surface area contributed by atoms with Gasteiger partial charge >= 0.3 is 12.1 Å². The molecule has 0 radical (unpaired) electrons. The van der Waals surface area contributed by atoms with Gasteiger partial charge in [0.1, 0.15) is 0 Å². The van der Waals surface area contributed by atoms with Crippen LogP contribution in [-0.4, -0.2) is 18.8 Å². The van der Waals surface area contributed by atoms with Gasteiger partial charge in [-0.25, -0.2) is 4.79 Å². The molecule has 0 aliphatic heterocycles. The highest BCUT2D eigenvalue weighted by atomic mass is 19.4. The van der Waals surface area contributed by atoms with Crippen molar-refractivity contribution in [2.75, 3.05) is 6.61 Å². The second-order valence-corrected chi connectivity index (χ2v) is 3.03. The van der Waals surface area contributed by atoms with Gasteiger partial charge in [-0.3, -0.25) is 0 Å². The first kappa shape index (κ1) is 14.5. The Balaban J connectivity index is 4.96. The molecule has 0 unspecified atom stereocenters. The molecule has 0 bridgehead atoms. The van der Waals surface area contributed by atoms with E-state index in [0.717, 1.165) is 6.08 Å². The maximum atomic E-state index is 12.4. The topological polar surface area (TPSA) is 26.3 Å². The van der Waals surface area contributed by atoms with Gasteiger partial charge in [0.05, 0.1) is 12.2 Å². The van der Waals surface area contributed by atoms with Gasteiger partial charge in [-0.1, -0.05) is 18.2 Å². The van der Waals surface area contributed by atoms with E-state index in [0.29, 0.717) is 11.6 Å². The number of carbonyl (C=O) groups excluding carboxylic acids is 1. The second kappa shape index (κ2) is 6.15. The summed E-state index contributed by atoms with van der Waals surface area (Å²) in [7, 11) is 0. The van der Waals surface area contributed by atoms with E-state index in [1.807, 2.05) is 0 Å². The number of hydrogen-bond donors (Lipinski definition) is 0. The highest BCUT2D eigenvalue weighted by molar-refractivity contribution is 5.83. The molecule has 0 saturated heterocycles. The van der Waals surface area contributed by atoms with Gasteiger partial charge in [0.2, 0.25) is 0 Å². The van der Waals surface area contributed by atoms with Gasteiger partial charge < -0.3 is 4.74 Å². The van der Waals surface area contributed by atoms with Gasteiger partial charge in [-0.15, -0.1) is 0 Å². The zero-order valence-electron chi connectivity index (χ0n) is 9.10. The lowest BCUT2D eigenvalue weighted by molar-refractivity contribution is -0.138. The zero-order chi connectivity index (χ0) is 12.8. The molecule has 0 atom stereocenters. The number of ether oxygens (including phenoxy) is 1. The Morgan fingerprint density at radius 3 is 2.31 bits per heavy atom. The van der Waals surface area contributed by atoms with Crippen LogP contribution in [0.4, 0.5) is 13.2 Å². The fourth-order valence-electron chi connectivity index (χ4n) is 0.767. The lowest BCUT2D eigenvalue weighted by Crippen LogP contribution is -2.13. The number of carbonyl (C=O) groups is 1. The van der Waals surface area contributed by atoms with E-state index in [9.17, 15) is 18.0 Å². The SMILES string of the molecule is C=C(C)/C=C/C(=C\C(=O)OCC)C(F)(F)F. The van der Waals surface area contributed by atoms with E-state index in [-0.39, 0.29) is 6.61 Å². The van der Waals surface area contributed by atoms with Crippen LogP contribution in [0.2, 0.25) is 0 Å². The quantitative estimate of drug-likeness (QED) is 0.424. The van der Waals surface area contributed by atoms with Gasteiger partial charge in [-0.2, -0.15) is 13.2 Å². The summed E-state index contributed by atoms with van der Waals surface area (Å²) in [4.78, 5) is 10.9. The van der Waals surface area contributed by atoms with E-state index in [2.05, 4.69) is 11.3 Å². The molecule has 90 valence electrons. The molecule has 0 heterocycles. The van der Waals surface area contributed by atoms with Crippen LogP contribution in [0.15, 0.2) is 36.0 Å². The van der Waals surface area contributed by atoms with Crippen molar-refractivity contribution < 1.29 is 22.7 Å². The molecule has 0 fully saturated rings. The summed E-state index contributed by atoms with van der Waals surface area (Å²) < 4.78 is 41.6. The van der Waals surface area contributed by atoms with Crippen molar-refractivity contribution in [3.63, 3.8) is 0 Å². The molecular formula is C11H13F3O2. The molecule has 0 rings (SSSR count). The van der Waals surface area contributed by atoms with Crippen LogP contribution in [0.3, 0.4) is 0 Å². The molecule has 0 N–H and O–H groups in total. The van der Waals surface area contributed by atoms with E-state index < -0.39 is 17.7 Å². The molecule has 0 aromatic rings. The van der Waals surface area contributed by atoms with Gasteiger partial charge in [0.15, 0.2) is 0 Å². The zero-order valence-corrected chi connectivity index (χ0v) is 9.10. The average Bonchev–Trinajstić information content (AvgIpc) is 2.10. The normalized spacial score (nSPS) is 12.9. The fourth-order valence-corrected chi connectivity index (χ4v) is 0.767. The number of halogens is 3. The highest BCUT2D eigenvalue weighted by Gasteiger charge is 2.32. The van der Waals surface area contributed by atoms with Crippen LogP contribution in [0.25, 0.3) is 0 Å². The third kappa shape index (κ3) is 6.06. The monoisotopic (exact) mass is 234 g/mol. The molecule has 16 heavy (non-hydrogen) atoms. The summed E-state index contributed by atoms with van der Waals surface area (Å²) in [6, 6.07) is 0. The number of alkyl halides is 3. The summed E-state index contributed by atoms with van der Waals surface area (Å²) >= 11 is 0. The minimum absolute atomic E-state index is 0.0324. The Morgan fingerprint density at radius 1 is 1.38 bits per heavy atom. The standard InChI is InChI=1S/C11H13F3O2/c1-4-16-10(15)7-9(11(12,13)14)6-5-8(2)3/h5-7H,2,4H2,1,3H3/b6-5+,9-7+. The molecule has 0 aliphatic rings. The Kier molecular flexibility index (Phi) is 5.56. The number of rotatable bonds is 4. The van der Waals surface area contributed by atoms with Crippen LogP contribution >= 0.6 is 0 Å². The van der Waals surface area contributed by atoms with E-state index in [1.54, 1.807) is 6.92 Å².